The lowest BCUT2D eigenvalue weighted by Crippen LogP contribution is -2.49. The van der Waals surface area contributed by atoms with Crippen LogP contribution in [-0.4, -0.2) is 96.5 Å². The van der Waals surface area contributed by atoms with Gasteiger partial charge in [0.25, 0.3) is 0 Å². The number of sulfonamides is 1. The standard InChI is InChI=1S/C26H31N5O5S/c32-23-18-31(37(35,36)19-20-5-4-11-27-17-20)22-10-12-30(26(22)23)25(34)9-8-24(33)29-15-13-28(14-16-29)21-6-2-1-3-7-21/h1-7,11,17,22,26H,8-10,12-16,18-19H2. The zero-order valence-electron chi connectivity index (χ0n) is 20.6. The molecule has 1 aromatic heterocycles. The molecule has 3 saturated heterocycles. The predicted molar refractivity (Wildman–Crippen MR) is 137 cm³/mol. The van der Waals surface area contributed by atoms with Crippen molar-refractivity contribution in [3.8, 4) is 0 Å². The lowest BCUT2D eigenvalue weighted by Gasteiger charge is -2.36. The van der Waals surface area contributed by atoms with Gasteiger partial charge in [0.2, 0.25) is 21.8 Å². The first-order chi connectivity index (χ1) is 17.8. The minimum absolute atomic E-state index is 0.0106. The summed E-state index contributed by atoms with van der Waals surface area (Å²) in [6.45, 7) is 2.74. The van der Waals surface area contributed by atoms with Crippen LogP contribution in [0.3, 0.4) is 0 Å². The van der Waals surface area contributed by atoms with E-state index >= 15 is 0 Å². The molecule has 3 aliphatic heterocycles. The third-order valence-corrected chi connectivity index (χ3v) is 9.25. The maximum absolute atomic E-state index is 13.1. The summed E-state index contributed by atoms with van der Waals surface area (Å²) in [5, 5.41) is 0. The van der Waals surface area contributed by atoms with Crippen molar-refractivity contribution >= 4 is 33.3 Å². The van der Waals surface area contributed by atoms with Crippen molar-refractivity contribution in [2.75, 3.05) is 44.2 Å². The molecule has 0 N–H and O–H groups in total. The number of hydrogen-bond donors (Lipinski definition) is 0. The Hall–Kier alpha value is -3.31. The quantitative estimate of drug-likeness (QED) is 0.528. The number of carbonyl (C=O) groups is 3. The average Bonchev–Trinajstić information content (AvgIpc) is 3.49. The van der Waals surface area contributed by atoms with Gasteiger partial charge in [-0.1, -0.05) is 24.3 Å². The fourth-order valence-electron chi connectivity index (χ4n) is 5.56. The van der Waals surface area contributed by atoms with Crippen LogP contribution in [0.5, 0.6) is 0 Å². The summed E-state index contributed by atoms with van der Waals surface area (Å²) in [7, 11) is -3.74. The number of rotatable bonds is 7. The van der Waals surface area contributed by atoms with Gasteiger partial charge in [-0.25, -0.2) is 8.42 Å². The molecular formula is C26H31N5O5S. The Morgan fingerprint density at radius 1 is 0.919 bits per heavy atom. The average molecular weight is 526 g/mol. The predicted octanol–water partition coefficient (Wildman–Crippen LogP) is 0.895. The van der Waals surface area contributed by atoms with Gasteiger partial charge in [0.1, 0.15) is 6.04 Å². The van der Waals surface area contributed by atoms with E-state index in [9.17, 15) is 22.8 Å². The molecule has 37 heavy (non-hydrogen) atoms. The maximum Gasteiger partial charge on any atom is 0.223 e. The SMILES string of the molecule is O=C1CN(S(=O)(=O)Cc2cccnc2)C2CCN(C(=O)CCC(=O)N3CCN(c4ccccc4)CC3)C12. The summed E-state index contributed by atoms with van der Waals surface area (Å²) in [6, 6.07) is 12.1. The maximum atomic E-state index is 13.1. The Bertz CT molecular complexity index is 1250. The second kappa shape index (κ2) is 10.6. The summed E-state index contributed by atoms with van der Waals surface area (Å²) in [5.74, 6) is -0.857. The number of fused-ring (bicyclic) bond motifs is 1. The molecule has 2 amide bonds. The number of amides is 2. The number of para-hydroxylation sites is 1. The van der Waals surface area contributed by atoms with Crippen molar-refractivity contribution in [2.45, 2.75) is 37.1 Å². The van der Waals surface area contributed by atoms with Crippen LogP contribution >= 0.6 is 0 Å². The van der Waals surface area contributed by atoms with Crippen molar-refractivity contribution < 1.29 is 22.8 Å². The molecule has 3 aliphatic rings. The first-order valence-corrected chi connectivity index (χ1v) is 14.2. The lowest BCUT2D eigenvalue weighted by atomic mass is 10.1. The molecule has 0 bridgehead atoms. The number of Topliss-reactive ketones (excluding diaryl/α,β-unsaturated/α-hetero) is 1. The molecule has 0 spiro atoms. The molecule has 2 aromatic rings. The van der Waals surface area contributed by atoms with Gasteiger partial charge in [-0.3, -0.25) is 19.4 Å². The zero-order valence-corrected chi connectivity index (χ0v) is 21.4. The first kappa shape index (κ1) is 25.3. The molecule has 1 aromatic carbocycles. The van der Waals surface area contributed by atoms with Gasteiger partial charge in [0.05, 0.1) is 18.3 Å². The Morgan fingerprint density at radius 3 is 2.35 bits per heavy atom. The largest absolute Gasteiger partial charge is 0.368 e. The highest BCUT2D eigenvalue weighted by molar-refractivity contribution is 7.88. The zero-order chi connectivity index (χ0) is 26.0. The van der Waals surface area contributed by atoms with Crippen molar-refractivity contribution in [1.82, 2.24) is 19.1 Å². The molecule has 2 unspecified atom stereocenters. The van der Waals surface area contributed by atoms with Crippen LogP contribution < -0.4 is 4.90 Å². The first-order valence-electron chi connectivity index (χ1n) is 12.6. The molecule has 11 heteroatoms. The number of piperazine rings is 1. The molecule has 4 heterocycles. The van der Waals surface area contributed by atoms with Gasteiger partial charge in [-0.2, -0.15) is 4.31 Å². The highest BCUT2D eigenvalue weighted by Gasteiger charge is 2.53. The van der Waals surface area contributed by atoms with Gasteiger partial charge in [-0.15, -0.1) is 0 Å². The minimum atomic E-state index is -3.74. The summed E-state index contributed by atoms with van der Waals surface area (Å²) in [5.41, 5.74) is 1.68. The number of anilines is 1. The summed E-state index contributed by atoms with van der Waals surface area (Å²) >= 11 is 0. The third kappa shape index (κ3) is 5.37. The lowest BCUT2D eigenvalue weighted by molar-refractivity contribution is -0.139. The summed E-state index contributed by atoms with van der Waals surface area (Å²) < 4.78 is 27.4. The number of aromatic nitrogens is 1. The minimum Gasteiger partial charge on any atom is -0.368 e. The number of hydrogen-bond acceptors (Lipinski definition) is 7. The molecule has 3 fully saturated rings. The number of nitrogens with zero attached hydrogens (tertiary/aromatic N) is 5. The topological polar surface area (TPSA) is 111 Å². The Kier molecular flexibility index (Phi) is 7.25. The number of pyridine rings is 1. The summed E-state index contributed by atoms with van der Waals surface area (Å²) in [4.78, 5) is 48.1. The Labute approximate surface area is 216 Å². The van der Waals surface area contributed by atoms with Gasteiger partial charge in [0.15, 0.2) is 5.78 Å². The van der Waals surface area contributed by atoms with Gasteiger partial charge >= 0.3 is 0 Å². The van der Waals surface area contributed by atoms with Crippen molar-refractivity contribution in [3.05, 3.63) is 60.4 Å². The van der Waals surface area contributed by atoms with E-state index < -0.39 is 22.1 Å². The van der Waals surface area contributed by atoms with E-state index in [0.717, 1.165) is 18.8 Å². The molecule has 2 atom stereocenters. The van der Waals surface area contributed by atoms with Gasteiger partial charge < -0.3 is 14.7 Å². The number of carbonyl (C=O) groups excluding carboxylic acids is 3. The van der Waals surface area contributed by atoms with E-state index in [1.807, 2.05) is 18.2 Å². The van der Waals surface area contributed by atoms with E-state index in [1.165, 1.54) is 15.4 Å². The fraction of sp³-hybridized carbons (Fsp3) is 0.462. The van der Waals surface area contributed by atoms with Gasteiger partial charge in [0, 0.05) is 63.6 Å². The van der Waals surface area contributed by atoms with Gasteiger partial charge in [-0.05, 0) is 30.2 Å². The van der Waals surface area contributed by atoms with Crippen LogP contribution in [-0.2, 0) is 30.2 Å². The van der Waals surface area contributed by atoms with E-state index in [4.69, 9.17) is 0 Å². The fourth-order valence-corrected chi connectivity index (χ4v) is 7.28. The van der Waals surface area contributed by atoms with E-state index in [0.29, 0.717) is 31.6 Å². The summed E-state index contributed by atoms with van der Waals surface area (Å²) in [6.07, 6.45) is 3.56. The highest BCUT2D eigenvalue weighted by Crippen LogP contribution is 2.33. The normalized spacial score (nSPS) is 22.4. The van der Waals surface area contributed by atoms with Crippen LogP contribution in [0.25, 0.3) is 0 Å². The monoisotopic (exact) mass is 525 g/mol. The molecule has 10 nitrogen and oxygen atoms in total. The second-order valence-electron chi connectivity index (χ2n) is 9.72. The Morgan fingerprint density at radius 2 is 1.65 bits per heavy atom. The number of benzene rings is 1. The number of likely N-dealkylation sites (tertiary alicyclic amines) is 1. The molecule has 0 saturated carbocycles. The van der Waals surface area contributed by atoms with Crippen molar-refractivity contribution in [3.63, 3.8) is 0 Å². The van der Waals surface area contributed by atoms with E-state index in [-0.39, 0.29) is 42.7 Å². The van der Waals surface area contributed by atoms with Crippen molar-refractivity contribution in [1.29, 1.82) is 0 Å². The Balaban J connectivity index is 1.14. The second-order valence-corrected chi connectivity index (χ2v) is 11.6. The van der Waals surface area contributed by atoms with Crippen LogP contribution in [0.15, 0.2) is 54.9 Å². The number of ketones is 1. The van der Waals surface area contributed by atoms with Crippen molar-refractivity contribution in [2.24, 2.45) is 0 Å². The smallest absolute Gasteiger partial charge is 0.223 e. The highest BCUT2D eigenvalue weighted by atomic mass is 32.2. The molecular weight excluding hydrogens is 494 g/mol. The van der Waals surface area contributed by atoms with Crippen LogP contribution in [0.2, 0.25) is 0 Å². The third-order valence-electron chi connectivity index (χ3n) is 7.43. The van der Waals surface area contributed by atoms with Crippen LogP contribution in [0, 0.1) is 0 Å². The molecule has 0 radical (unpaired) electrons. The molecule has 196 valence electrons. The van der Waals surface area contributed by atoms with Crippen LogP contribution in [0.1, 0.15) is 24.8 Å². The van der Waals surface area contributed by atoms with E-state index in [2.05, 4.69) is 22.0 Å². The van der Waals surface area contributed by atoms with E-state index in [1.54, 1.807) is 23.2 Å². The molecule has 5 rings (SSSR count). The van der Waals surface area contributed by atoms with Crippen LogP contribution in [0.4, 0.5) is 5.69 Å². The molecule has 0 aliphatic carbocycles.